The molecule has 0 saturated carbocycles. The number of benzene rings is 2. The van der Waals surface area contributed by atoms with Crippen molar-refractivity contribution in [2.24, 2.45) is 0 Å². The predicted octanol–water partition coefficient (Wildman–Crippen LogP) is 3.91. The van der Waals surface area contributed by atoms with Crippen molar-refractivity contribution in [1.82, 2.24) is 0 Å². The van der Waals surface area contributed by atoms with Crippen LogP contribution < -0.4 is 10.2 Å². The van der Waals surface area contributed by atoms with Crippen molar-refractivity contribution < 1.29 is 5.11 Å². The highest BCUT2D eigenvalue weighted by Gasteiger charge is 2.11. The van der Waals surface area contributed by atoms with Crippen LogP contribution in [-0.4, -0.2) is 18.2 Å². The van der Waals surface area contributed by atoms with Crippen LogP contribution >= 0.6 is 0 Å². The molecule has 2 N–H and O–H groups in total. The van der Waals surface area contributed by atoms with Gasteiger partial charge in [0.05, 0.1) is 0 Å². The van der Waals surface area contributed by atoms with Gasteiger partial charge in [-0.05, 0) is 49.6 Å². The van der Waals surface area contributed by atoms with Crippen LogP contribution in [-0.2, 0) is 6.54 Å². The summed E-state index contributed by atoms with van der Waals surface area (Å²) in [5.74, 6) is 0.388. The normalized spacial score (nSPS) is 14.4. The van der Waals surface area contributed by atoms with E-state index >= 15 is 0 Å². The SMILES string of the molecule is Cc1cccc(CNc2ccc(N3CCCC3)cc2)c1O. The molecule has 0 aromatic heterocycles. The van der Waals surface area contributed by atoms with Gasteiger partial charge in [-0.25, -0.2) is 0 Å². The van der Waals surface area contributed by atoms with Crippen molar-refractivity contribution in [2.75, 3.05) is 23.3 Å². The van der Waals surface area contributed by atoms with Crippen LogP contribution in [0.3, 0.4) is 0 Å². The third-order valence-corrected chi connectivity index (χ3v) is 4.14. The van der Waals surface area contributed by atoms with E-state index in [-0.39, 0.29) is 0 Å². The molecule has 21 heavy (non-hydrogen) atoms. The number of aromatic hydroxyl groups is 1. The molecule has 3 rings (SSSR count). The zero-order chi connectivity index (χ0) is 14.7. The summed E-state index contributed by atoms with van der Waals surface area (Å²) in [5, 5.41) is 13.4. The Morgan fingerprint density at radius 1 is 1.05 bits per heavy atom. The minimum Gasteiger partial charge on any atom is -0.507 e. The first-order chi connectivity index (χ1) is 10.2. The smallest absolute Gasteiger partial charge is 0.123 e. The third-order valence-electron chi connectivity index (χ3n) is 4.14. The van der Waals surface area contributed by atoms with Crippen molar-refractivity contribution in [3.8, 4) is 5.75 Å². The molecule has 3 nitrogen and oxygen atoms in total. The number of nitrogens with one attached hydrogen (secondary N) is 1. The fourth-order valence-corrected chi connectivity index (χ4v) is 2.83. The Balaban J connectivity index is 1.64. The lowest BCUT2D eigenvalue weighted by Gasteiger charge is -2.18. The van der Waals surface area contributed by atoms with Crippen molar-refractivity contribution >= 4 is 11.4 Å². The Bertz CT molecular complexity index is 601. The summed E-state index contributed by atoms with van der Waals surface area (Å²) in [6, 6.07) is 14.4. The van der Waals surface area contributed by atoms with Gasteiger partial charge in [0.15, 0.2) is 0 Å². The van der Waals surface area contributed by atoms with Crippen molar-refractivity contribution in [1.29, 1.82) is 0 Å². The van der Waals surface area contributed by atoms with Gasteiger partial charge in [-0.15, -0.1) is 0 Å². The maximum Gasteiger partial charge on any atom is 0.123 e. The van der Waals surface area contributed by atoms with Crippen LogP contribution in [0.4, 0.5) is 11.4 Å². The number of phenolic OH excluding ortho intramolecular Hbond substituents is 1. The number of hydrogen-bond donors (Lipinski definition) is 2. The fraction of sp³-hybridized carbons (Fsp3) is 0.333. The molecule has 1 fully saturated rings. The highest BCUT2D eigenvalue weighted by molar-refractivity contribution is 5.56. The summed E-state index contributed by atoms with van der Waals surface area (Å²) < 4.78 is 0. The first kappa shape index (κ1) is 13.8. The number of para-hydroxylation sites is 1. The first-order valence-corrected chi connectivity index (χ1v) is 7.60. The molecule has 3 heteroatoms. The Hall–Kier alpha value is -2.16. The Labute approximate surface area is 126 Å². The highest BCUT2D eigenvalue weighted by Crippen LogP contribution is 2.24. The molecule has 110 valence electrons. The average Bonchev–Trinajstić information content (AvgIpc) is 3.04. The zero-order valence-electron chi connectivity index (χ0n) is 12.5. The van der Waals surface area contributed by atoms with Crippen molar-refractivity contribution in [3.05, 3.63) is 53.6 Å². The van der Waals surface area contributed by atoms with Gasteiger partial charge in [-0.3, -0.25) is 0 Å². The number of phenols is 1. The summed E-state index contributed by atoms with van der Waals surface area (Å²) in [4.78, 5) is 2.43. The molecule has 0 atom stereocenters. The minimum atomic E-state index is 0.388. The number of nitrogens with zero attached hydrogens (tertiary/aromatic N) is 1. The van der Waals surface area contributed by atoms with Crippen LogP contribution in [0, 0.1) is 6.92 Å². The molecule has 0 unspecified atom stereocenters. The monoisotopic (exact) mass is 282 g/mol. The molecule has 1 aliphatic rings. The van der Waals surface area contributed by atoms with E-state index in [2.05, 4.69) is 34.5 Å². The van der Waals surface area contributed by atoms with Crippen LogP contribution in [0.2, 0.25) is 0 Å². The van der Waals surface area contributed by atoms with Crippen LogP contribution in [0.15, 0.2) is 42.5 Å². The average molecular weight is 282 g/mol. The second-order valence-corrected chi connectivity index (χ2v) is 5.68. The van der Waals surface area contributed by atoms with E-state index in [1.54, 1.807) is 0 Å². The molecule has 2 aromatic carbocycles. The highest BCUT2D eigenvalue weighted by atomic mass is 16.3. The lowest BCUT2D eigenvalue weighted by atomic mass is 10.1. The second kappa shape index (κ2) is 6.08. The van der Waals surface area contributed by atoms with E-state index < -0.39 is 0 Å². The summed E-state index contributed by atoms with van der Waals surface area (Å²) in [6.07, 6.45) is 2.60. The van der Waals surface area contributed by atoms with Gasteiger partial charge < -0.3 is 15.3 Å². The van der Waals surface area contributed by atoms with Crippen LogP contribution in [0.1, 0.15) is 24.0 Å². The van der Waals surface area contributed by atoms with Crippen molar-refractivity contribution in [3.63, 3.8) is 0 Å². The van der Waals surface area contributed by atoms with E-state index in [9.17, 15) is 5.11 Å². The van der Waals surface area contributed by atoms with E-state index in [0.29, 0.717) is 12.3 Å². The third kappa shape index (κ3) is 3.13. The lowest BCUT2D eigenvalue weighted by molar-refractivity contribution is 0.465. The Kier molecular flexibility index (Phi) is 4.00. The molecule has 0 spiro atoms. The largest absolute Gasteiger partial charge is 0.507 e. The number of aryl methyl sites for hydroxylation is 1. The molecule has 0 amide bonds. The number of hydrogen-bond acceptors (Lipinski definition) is 3. The molecule has 0 radical (unpaired) electrons. The van der Waals surface area contributed by atoms with E-state index in [1.165, 1.54) is 31.6 Å². The lowest BCUT2D eigenvalue weighted by Crippen LogP contribution is -2.17. The molecular formula is C18H22N2O. The van der Waals surface area contributed by atoms with Gasteiger partial charge in [-0.2, -0.15) is 0 Å². The summed E-state index contributed by atoms with van der Waals surface area (Å²) >= 11 is 0. The molecule has 1 saturated heterocycles. The van der Waals surface area contributed by atoms with Gasteiger partial charge >= 0.3 is 0 Å². The first-order valence-electron chi connectivity index (χ1n) is 7.60. The maximum absolute atomic E-state index is 10.0. The molecule has 2 aromatic rings. The molecule has 1 heterocycles. The quantitative estimate of drug-likeness (QED) is 0.892. The standard InChI is InChI=1S/C18H22N2O/c1-14-5-4-6-15(18(14)21)13-19-16-7-9-17(10-8-16)20-11-2-3-12-20/h4-10,19,21H,2-3,11-13H2,1H3. The van der Waals surface area contributed by atoms with Gasteiger partial charge in [0.2, 0.25) is 0 Å². The second-order valence-electron chi connectivity index (χ2n) is 5.68. The molecule has 1 aliphatic heterocycles. The molecular weight excluding hydrogens is 260 g/mol. The predicted molar refractivity (Wildman–Crippen MR) is 88.1 cm³/mol. The van der Waals surface area contributed by atoms with Gasteiger partial charge in [-0.1, -0.05) is 18.2 Å². The number of rotatable bonds is 4. The molecule has 0 bridgehead atoms. The topological polar surface area (TPSA) is 35.5 Å². The Morgan fingerprint density at radius 3 is 2.48 bits per heavy atom. The Morgan fingerprint density at radius 2 is 1.76 bits per heavy atom. The van der Waals surface area contributed by atoms with Crippen LogP contribution in [0.5, 0.6) is 5.75 Å². The summed E-state index contributed by atoms with van der Waals surface area (Å²) in [6.45, 7) is 4.90. The summed E-state index contributed by atoms with van der Waals surface area (Å²) in [7, 11) is 0. The van der Waals surface area contributed by atoms with E-state index in [0.717, 1.165) is 16.8 Å². The number of anilines is 2. The van der Waals surface area contributed by atoms with Crippen molar-refractivity contribution in [2.45, 2.75) is 26.3 Å². The van der Waals surface area contributed by atoms with Gasteiger partial charge in [0.25, 0.3) is 0 Å². The summed E-state index contributed by atoms with van der Waals surface area (Å²) in [5.41, 5.74) is 4.23. The van der Waals surface area contributed by atoms with E-state index in [1.807, 2.05) is 25.1 Å². The minimum absolute atomic E-state index is 0.388. The molecule has 0 aliphatic carbocycles. The zero-order valence-corrected chi connectivity index (χ0v) is 12.5. The van der Waals surface area contributed by atoms with Gasteiger partial charge in [0, 0.05) is 36.6 Å². The van der Waals surface area contributed by atoms with Gasteiger partial charge in [0.1, 0.15) is 5.75 Å². The fourth-order valence-electron chi connectivity index (χ4n) is 2.83. The maximum atomic E-state index is 10.0. The van der Waals surface area contributed by atoms with E-state index in [4.69, 9.17) is 0 Å². The van der Waals surface area contributed by atoms with Crippen LogP contribution in [0.25, 0.3) is 0 Å².